The lowest BCUT2D eigenvalue weighted by atomic mass is 9.44. The monoisotopic (exact) mass is 808 g/mol. The van der Waals surface area contributed by atoms with E-state index in [9.17, 15) is 34.2 Å². The molecule has 0 spiro atoms. The number of aromatic nitrogens is 1. The maximum atomic E-state index is 17.5. The Kier molecular flexibility index (Phi) is 11.6. The van der Waals surface area contributed by atoms with Crippen LogP contribution in [0.25, 0.3) is 10.8 Å². The minimum atomic E-state index is -2.11. The highest BCUT2D eigenvalue weighted by Gasteiger charge is 2.75. The van der Waals surface area contributed by atoms with Crippen molar-refractivity contribution >= 4 is 40.1 Å². The second-order valence-corrected chi connectivity index (χ2v) is 17.5. The molecule has 0 radical (unpaired) electrons. The molecule has 12 heteroatoms. The summed E-state index contributed by atoms with van der Waals surface area (Å²) in [7, 11) is 0. The molecule has 3 aromatic rings. The van der Waals surface area contributed by atoms with Crippen molar-refractivity contribution in [1.29, 1.82) is 0 Å². The van der Waals surface area contributed by atoms with Crippen LogP contribution in [0.4, 0.5) is 4.39 Å². The van der Waals surface area contributed by atoms with E-state index in [1.807, 2.05) is 36.4 Å². The van der Waals surface area contributed by atoms with Crippen LogP contribution in [0.2, 0.25) is 0 Å². The highest BCUT2D eigenvalue weighted by molar-refractivity contribution is 6.01. The molecular weight excluding hydrogens is 756 g/mol. The normalized spacial score (nSPS) is 31.4. The van der Waals surface area contributed by atoms with Crippen LogP contribution >= 0.6 is 0 Å². The van der Waals surface area contributed by atoms with Crippen molar-refractivity contribution in [2.75, 3.05) is 13.2 Å². The zero-order valence-electron chi connectivity index (χ0n) is 33.8. The predicted octanol–water partition coefficient (Wildman–Crippen LogP) is 5.76. The van der Waals surface area contributed by atoms with Crippen LogP contribution in [-0.4, -0.2) is 75.0 Å². The van der Waals surface area contributed by atoms with Crippen LogP contribution in [0.15, 0.2) is 84.7 Å². The first-order valence-corrected chi connectivity index (χ1v) is 20.6. The molecule has 4 N–H and O–H groups in total. The number of nitrogens with zero attached hydrogens (tertiary/aromatic N) is 1. The van der Waals surface area contributed by atoms with E-state index in [1.165, 1.54) is 12.2 Å². The van der Waals surface area contributed by atoms with Crippen LogP contribution in [0, 0.1) is 28.6 Å². The number of carbonyl (C=O) groups is 5. The molecule has 3 saturated carbocycles. The predicted molar refractivity (Wildman–Crippen MR) is 216 cm³/mol. The third-order valence-electron chi connectivity index (χ3n) is 14.3. The van der Waals surface area contributed by atoms with Crippen LogP contribution in [0.1, 0.15) is 88.3 Å². The van der Waals surface area contributed by atoms with Crippen molar-refractivity contribution in [3.05, 3.63) is 101 Å². The summed E-state index contributed by atoms with van der Waals surface area (Å²) in [5.74, 6) is -4.54. The number of aliphatic hydroxyl groups excluding tert-OH is 1. The van der Waals surface area contributed by atoms with Gasteiger partial charge in [0.2, 0.25) is 5.78 Å². The van der Waals surface area contributed by atoms with Crippen molar-refractivity contribution in [3.63, 3.8) is 0 Å². The molecule has 312 valence electrons. The van der Waals surface area contributed by atoms with Gasteiger partial charge in [0.15, 0.2) is 18.1 Å². The van der Waals surface area contributed by atoms with Gasteiger partial charge in [0, 0.05) is 46.9 Å². The average molecular weight is 809 g/mol. The Morgan fingerprint density at radius 1 is 0.983 bits per heavy atom. The zero-order chi connectivity index (χ0) is 42.3. The number of esters is 2. The standard InChI is InChI=1S/C47H53FN2O9/c1-28-20-38-37-11-10-34-23-35(51)14-17-44(34,2)46(37,48)40(53)24-45(38,3)47(28,57)41(54)27-59-43(56)13-12-42(55)58-26-29-4-7-31(8-5-29)36(15-18-49)39(52)22-30-6-9-33-25-50-19-16-32(33)21-30/h4-9,14,16-17,19,21,23,25,28,36-38,40,53,57H,10-13,15,18,20,22,24,26-27,49H2,1-3H3/t28-,36?,37+,38+,40+,44+,45+,46+,47+/m1/s1. The van der Waals surface area contributed by atoms with Gasteiger partial charge in [0.25, 0.3) is 0 Å². The van der Waals surface area contributed by atoms with E-state index in [1.54, 1.807) is 51.4 Å². The van der Waals surface area contributed by atoms with E-state index >= 15 is 4.39 Å². The van der Waals surface area contributed by atoms with Gasteiger partial charge in [-0.3, -0.25) is 29.0 Å². The first kappa shape index (κ1) is 42.2. The molecule has 0 saturated heterocycles. The first-order chi connectivity index (χ1) is 28.0. The minimum absolute atomic E-state index is 0.0465. The lowest BCUT2D eigenvalue weighted by Crippen LogP contribution is -2.69. The van der Waals surface area contributed by atoms with Crippen molar-refractivity contribution in [3.8, 4) is 0 Å². The summed E-state index contributed by atoms with van der Waals surface area (Å²) in [4.78, 5) is 68.8. The number of allylic oxidation sites excluding steroid dienone is 4. The number of ketones is 3. The fourth-order valence-electron chi connectivity index (χ4n) is 11.0. The largest absolute Gasteiger partial charge is 0.461 e. The van der Waals surface area contributed by atoms with Gasteiger partial charge in [-0.2, -0.15) is 0 Å². The number of alkyl halides is 1. The number of benzene rings is 2. The number of ether oxygens (including phenoxy) is 2. The number of hydrogen-bond donors (Lipinski definition) is 3. The average Bonchev–Trinajstić information content (AvgIpc) is 3.42. The van der Waals surface area contributed by atoms with Crippen LogP contribution in [-0.2, 0) is 46.5 Å². The van der Waals surface area contributed by atoms with E-state index in [-0.39, 0.29) is 43.9 Å². The van der Waals surface area contributed by atoms with Gasteiger partial charge in [-0.1, -0.05) is 68.0 Å². The lowest BCUT2D eigenvalue weighted by molar-refractivity contribution is -0.220. The number of carbonyl (C=O) groups excluding carboxylic acids is 5. The van der Waals surface area contributed by atoms with Gasteiger partial charge >= 0.3 is 11.9 Å². The Hall–Kier alpha value is -4.91. The van der Waals surface area contributed by atoms with Crippen molar-refractivity contribution in [2.45, 2.75) is 102 Å². The van der Waals surface area contributed by atoms with E-state index < -0.39 is 76.2 Å². The Morgan fingerprint density at radius 3 is 2.42 bits per heavy atom. The first-order valence-electron chi connectivity index (χ1n) is 20.6. The maximum Gasteiger partial charge on any atom is 0.306 e. The van der Waals surface area contributed by atoms with Gasteiger partial charge in [0.1, 0.15) is 18.0 Å². The number of Topliss-reactive ketones (excluding diaryl/α,β-unsaturated/α-hetero) is 2. The molecule has 11 nitrogen and oxygen atoms in total. The molecule has 1 unspecified atom stereocenters. The molecule has 2 aromatic carbocycles. The molecule has 0 amide bonds. The molecule has 0 aliphatic heterocycles. The van der Waals surface area contributed by atoms with Gasteiger partial charge in [-0.15, -0.1) is 0 Å². The number of nitrogens with two attached hydrogens (primary N) is 1. The molecule has 7 rings (SSSR count). The van der Waals surface area contributed by atoms with Crippen LogP contribution in [0.3, 0.4) is 0 Å². The molecule has 3 fully saturated rings. The molecule has 4 aliphatic carbocycles. The quantitative estimate of drug-likeness (QED) is 0.168. The number of fused-ring (bicyclic) bond motifs is 6. The fourth-order valence-corrected chi connectivity index (χ4v) is 11.0. The molecule has 59 heavy (non-hydrogen) atoms. The number of rotatable bonds is 14. The Bertz CT molecular complexity index is 2220. The van der Waals surface area contributed by atoms with E-state index in [2.05, 4.69) is 4.98 Å². The van der Waals surface area contributed by atoms with Gasteiger partial charge in [-0.25, -0.2) is 4.39 Å². The molecule has 4 aliphatic rings. The molecule has 1 aromatic heterocycles. The lowest BCUT2D eigenvalue weighted by Gasteiger charge is -2.62. The summed E-state index contributed by atoms with van der Waals surface area (Å²) in [6, 6.07) is 15.0. The summed E-state index contributed by atoms with van der Waals surface area (Å²) < 4.78 is 28.1. The van der Waals surface area contributed by atoms with E-state index in [0.29, 0.717) is 43.4 Å². The molecule has 9 atom stereocenters. The fraction of sp³-hybridized carbons (Fsp3) is 0.489. The highest BCUT2D eigenvalue weighted by Crippen LogP contribution is 2.70. The van der Waals surface area contributed by atoms with Crippen molar-refractivity contribution in [1.82, 2.24) is 4.98 Å². The Labute approximate surface area is 343 Å². The minimum Gasteiger partial charge on any atom is -0.461 e. The molecular formula is C47H53FN2O9. The van der Waals surface area contributed by atoms with E-state index in [0.717, 1.165) is 21.9 Å². The zero-order valence-corrected chi connectivity index (χ0v) is 33.8. The summed E-state index contributed by atoms with van der Waals surface area (Å²) in [5, 5.41) is 25.7. The van der Waals surface area contributed by atoms with Crippen molar-refractivity contribution < 1.29 is 48.0 Å². The number of halogens is 1. The summed E-state index contributed by atoms with van der Waals surface area (Å²) >= 11 is 0. The van der Waals surface area contributed by atoms with E-state index in [4.69, 9.17) is 15.2 Å². The number of hydrogen-bond acceptors (Lipinski definition) is 11. The third kappa shape index (κ3) is 7.37. The van der Waals surface area contributed by atoms with Gasteiger partial charge in [-0.05, 0) is 97.7 Å². The number of pyridine rings is 1. The van der Waals surface area contributed by atoms with Crippen molar-refractivity contribution in [2.24, 2.45) is 34.3 Å². The van der Waals surface area contributed by atoms with Gasteiger partial charge < -0.3 is 25.4 Å². The Morgan fingerprint density at radius 2 is 1.69 bits per heavy atom. The maximum absolute atomic E-state index is 17.5. The number of aliphatic hydroxyl groups is 2. The second kappa shape index (κ2) is 16.3. The third-order valence-corrected chi connectivity index (χ3v) is 14.3. The van der Waals surface area contributed by atoms with Crippen LogP contribution in [0.5, 0.6) is 0 Å². The summed E-state index contributed by atoms with van der Waals surface area (Å²) in [6.07, 6.45) is 7.36. The summed E-state index contributed by atoms with van der Waals surface area (Å²) in [5.41, 5.74) is 2.40. The highest BCUT2D eigenvalue weighted by atomic mass is 19.1. The summed E-state index contributed by atoms with van der Waals surface area (Å²) in [6.45, 7) is 4.68. The molecule has 0 bridgehead atoms. The Balaban J connectivity index is 0.895. The van der Waals surface area contributed by atoms with Gasteiger partial charge in [0.05, 0.1) is 18.9 Å². The SMILES string of the molecule is C[C@@H]1C[C@H]2[C@@H]3CCC4=CC(=O)C=C[C@]4(C)[C@@]3(F)[C@@H](O)C[C@]2(C)[C@@]1(O)C(=O)COC(=O)CCC(=O)OCc1ccc(C(CCN)C(=O)Cc2ccc3cnccc3c2)cc1. The topological polar surface area (TPSA) is 183 Å². The molecule has 1 heterocycles. The smallest absolute Gasteiger partial charge is 0.306 e. The second-order valence-electron chi connectivity index (χ2n) is 17.5. The van der Waals surface area contributed by atoms with Crippen LogP contribution < -0.4 is 5.73 Å².